The number of amides is 1. The highest BCUT2D eigenvalue weighted by molar-refractivity contribution is 5.78. The highest BCUT2D eigenvalue weighted by atomic mass is 16.3. The fourth-order valence-electron chi connectivity index (χ4n) is 2.02. The van der Waals surface area contributed by atoms with Gasteiger partial charge < -0.3 is 15.7 Å². The Hall–Kier alpha value is -1.55. The molecule has 1 fully saturated rings. The number of carbonyl (C=O) groups is 1. The van der Waals surface area contributed by atoms with E-state index in [1.807, 2.05) is 12.1 Å². The fraction of sp³-hybridized carbons (Fsp3) is 0.462. The lowest BCUT2D eigenvalue weighted by Gasteiger charge is -2.21. The Morgan fingerprint density at radius 3 is 2.82 bits per heavy atom. The maximum atomic E-state index is 11.8. The molecule has 1 aliphatic rings. The van der Waals surface area contributed by atoms with E-state index in [9.17, 15) is 4.79 Å². The van der Waals surface area contributed by atoms with E-state index in [-0.39, 0.29) is 17.6 Å². The minimum absolute atomic E-state index is 0.0980. The molecule has 92 valence electrons. The van der Waals surface area contributed by atoms with E-state index in [0.717, 1.165) is 31.5 Å². The number of carbonyl (C=O) groups excluding carboxylic acids is 1. The van der Waals surface area contributed by atoms with Crippen molar-refractivity contribution in [3.63, 3.8) is 0 Å². The summed E-state index contributed by atoms with van der Waals surface area (Å²) in [5.74, 6) is 0.461. The Morgan fingerprint density at radius 2 is 2.18 bits per heavy atom. The second-order valence-electron chi connectivity index (χ2n) is 4.43. The maximum Gasteiger partial charge on any atom is 0.224 e. The number of hydrogen-bond donors (Lipinski definition) is 3. The first kappa shape index (κ1) is 11.9. The van der Waals surface area contributed by atoms with Gasteiger partial charge in [-0.25, -0.2) is 0 Å². The van der Waals surface area contributed by atoms with Crippen LogP contribution in [0.4, 0.5) is 0 Å². The smallest absolute Gasteiger partial charge is 0.224 e. The van der Waals surface area contributed by atoms with E-state index in [2.05, 4.69) is 10.6 Å². The fourth-order valence-corrected chi connectivity index (χ4v) is 2.02. The van der Waals surface area contributed by atoms with Crippen molar-refractivity contribution in [1.82, 2.24) is 10.6 Å². The topological polar surface area (TPSA) is 61.4 Å². The summed E-state index contributed by atoms with van der Waals surface area (Å²) in [6, 6.07) is 6.89. The van der Waals surface area contributed by atoms with Crippen LogP contribution >= 0.6 is 0 Å². The van der Waals surface area contributed by atoms with Gasteiger partial charge in [-0.1, -0.05) is 12.1 Å². The van der Waals surface area contributed by atoms with Gasteiger partial charge in [0.15, 0.2) is 0 Å². The van der Waals surface area contributed by atoms with E-state index >= 15 is 0 Å². The van der Waals surface area contributed by atoms with Gasteiger partial charge in [-0.2, -0.15) is 0 Å². The van der Waals surface area contributed by atoms with Gasteiger partial charge in [0.2, 0.25) is 5.91 Å². The first-order valence-electron chi connectivity index (χ1n) is 6.02. The van der Waals surface area contributed by atoms with Gasteiger partial charge in [0, 0.05) is 13.1 Å². The largest absolute Gasteiger partial charge is 0.508 e. The van der Waals surface area contributed by atoms with Crippen molar-refractivity contribution in [2.45, 2.75) is 19.4 Å². The van der Waals surface area contributed by atoms with E-state index in [0.29, 0.717) is 6.54 Å². The van der Waals surface area contributed by atoms with Crippen LogP contribution in [0, 0.1) is 5.92 Å². The van der Waals surface area contributed by atoms with Gasteiger partial charge in [-0.05, 0) is 37.1 Å². The molecule has 17 heavy (non-hydrogen) atoms. The molecular weight excluding hydrogens is 216 g/mol. The van der Waals surface area contributed by atoms with Crippen LogP contribution in [0.25, 0.3) is 0 Å². The van der Waals surface area contributed by atoms with E-state index < -0.39 is 0 Å². The molecule has 0 aliphatic carbocycles. The van der Waals surface area contributed by atoms with E-state index in [1.165, 1.54) is 0 Å². The van der Waals surface area contributed by atoms with Crippen LogP contribution in [0.1, 0.15) is 18.4 Å². The minimum Gasteiger partial charge on any atom is -0.508 e. The summed E-state index contributed by atoms with van der Waals surface area (Å²) < 4.78 is 0. The van der Waals surface area contributed by atoms with Gasteiger partial charge in [0.05, 0.1) is 5.92 Å². The second kappa shape index (κ2) is 5.68. The van der Waals surface area contributed by atoms with Crippen molar-refractivity contribution >= 4 is 5.91 Å². The number of benzene rings is 1. The van der Waals surface area contributed by atoms with Crippen LogP contribution in [0.3, 0.4) is 0 Å². The number of phenols is 1. The third kappa shape index (κ3) is 3.46. The Kier molecular flexibility index (Phi) is 3.98. The third-order valence-electron chi connectivity index (χ3n) is 3.07. The molecule has 1 saturated heterocycles. The zero-order valence-corrected chi connectivity index (χ0v) is 9.78. The predicted molar refractivity (Wildman–Crippen MR) is 65.5 cm³/mol. The lowest BCUT2D eigenvalue weighted by molar-refractivity contribution is -0.125. The van der Waals surface area contributed by atoms with Gasteiger partial charge in [-0.15, -0.1) is 0 Å². The summed E-state index contributed by atoms with van der Waals surface area (Å²) >= 11 is 0. The zero-order chi connectivity index (χ0) is 12.1. The molecule has 1 aliphatic heterocycles. The first-order valence-corrected chi connectivity index (χ1v) is 6.02. The van der Waals surface area contributed by atoms with Crippen molar-refractivity contribution in [3.8, 4) is 5.75 Å². The van der Waals surface area contributed by atoms with Gasteiger partial charge in [-0.3, -0.25) is 4.79 Å². The quantitative estimate of drug-likeness (QED) is 0.731. The maximum absolute atomic E-state index is 11.8. The molecular formula is C13H18N2O2. The zero-order valence-electron chi connectivity index (χ0n) is 9.78. The molecule has 0 unspecified atom stereocenters. The lowest BCUT2D eigenvalue weighted by Crippen LogP contribution is -2.40. The molecule has 3 N–H and O–H groups in total. The molecule has 4 nitrogen and oxygen atoms in total. The molecule has 4 heteroatoms. The monoisotopic (exact) mass is 234 g/mol. The van der Waals surface area contributed by atoms with Crippen LogP contribution < -0.4 is 10.6 Å². The molecule has 0 bridgehead atoms. The number of hydrogen-bond acceptors (Lipinski definition) is 3. The van der Waals surface area contributed by atoms with Crippen molar-refractivity contribution in [1.29, 1.82) is 0 Å². The number of phenolic OH excluding ortho intramolecular Hbond substituents is 1. The number of nitrogens with one attached hydrogen (secondary N) is 2. The van der Waals surface area contributed by atoms with Crippen LogP contribution in [-0.2, 0) is 11.3 Å². The van der Waals surface area contributed by atoms with Crippen LogP contribution in [0.15, 0.2) is 24.3 Å². The summed E-state index contributed by atoms with van der Waals surface area (Å²) in [4.78, 5) is 11.8. The summed E-state index contributed by atoms with van der Waals surface area (Å²) in [6.07, 6.45) is 2.03. The van der Waals surface area contributed by atoms with Crippen LogP contribution in [0.5, 0.6) is 5.75 Å². The number of aromatic hydroxyl groups is 1. The molecule has 1 aromatic rings. The van der Waals surface area contributed by atoms with Crippen molar-refractivity contribution in [3.05, 3.63) is 29.8 Å². The molecule has 0 saturated carbocycles. The molecule has 1 atom stereocenters. The van der Waals surface area contributed by atoms with Crippen molar-refractivity contribution < 1.29 is 9.90 Å². The lowest BCUT2D eigenvalue weighted by atomic mass is 9.99. The minimum atomic E-state index is 0.0980. The summed E-state index contributed by atoms with van der Waals surface area (Å²) in [5, 5.41) is 15.3. The van der Waals surface area contributed by atoms with Crippen LogP contribution in [-0.4, -0.2) is 24.1 Å². The molecule has 0 spiro atoms. The standard InChI is InChI=1S/C13H18N2O2/c16-12-5-3-10(4-6-12)8-15-13(17)11-2-1-7-14-9-11/h3-6,11,14,16H,1-2,7-9H2,(H,15,17)/t11-/m0/s1. The van der Waals surface area contributed by atoms with Gasteiger partial charge in [0.25, 0.3) is 0 Å². The van der Waals surface area contributed by atoms with Crippen molar-refractivity contribution in [2.75, 3.05) is 13.1 Å². The Balaban J connectivity index is 1.81. The molecule has 0 radical (unpaired) electrons. The summed E-state index contributed by atoms with van der Waals surface area (Å²) in [6.45, 7) is 2.32. The summed E-state index contributed by atoms with van der Waals surface area (Å²) in [7, 11) is 0. The number of piperidine rings is 1. The second-order valence-corrected chi connectivity index (χ2v) is 4.43. The van der Waals surface area contributed by atoms with Crippen LogP contribution in [0.2, 0.25) is 0 Å². The third-order valence-corrected chi connectivity index (χ3v) is 3.07. The summed E-state index contributed by atoms with van der Waals surface area (Å²) in [5.41, 5.74) is 1.000. The van der Waals surface area contributed by atoms with Gasteiger partial charge >= 0.3 is 0 Å². The Labute approximate surface area is 101 Å². The van der Waals surface area contributed by atoms with Crippen molar-refractivity contribution in [2.24, 2.45) is 5.92 Å². The molecule has 1 aromatic carbocycles. The average Bonchev–Trinajstić information content (AvgIpc) is 2.39. The number of rotatable bonds is 3. The molecule has 1 heterocycles. The molecule has 0 aromatic heterocycles. The first-order chi connectivity index (χ1) is 8.25. The van der Waals surface area contributed by atoms with E-state index in [1.54, 1.807) is 12.1 Å². The van der Waals surface area contributed by atoms with Gasteiger partial charge in [0.1, 0.15) is 5.75 Å². The Bertz CT molecular complexity index is 370. The SMILES string of the molecule is O=C(NCc1ccc(O)cc1)[C@H]1CCCNC1. The predicted octanol–water partition coefficient (Wildman–Crippen LogP) is 1.01. The average molecular weight is 234 g/mol. The Morgan fingerprint density at radius 1 is 1.41 bits per heavy atom. The molecule has 1 amide bonds. The molecule has 2 rings (SSSR count). The normalized spacial score (nSPS) is 19.9. The van der Waals surface area contributed by atoms with E-state index in [4.69, 9.17) is 5.11 Å². The highest BCUT2D eigenvalue weighted by Gasteiger charge is 2.20. The highest BCUT2D eigenvalue weighted by Crippen LogP contribution is 2.11.